The van der Waals surface area contributed by atoms with Crippen molar-refractivity contribution in [3.8, 4) is 16.3 Å². The lowest BCUT2D eigenvalue weighted by atomic mass is 10.2. The Morgan fingerprint density at radius 2 is 2.17 bits per heavy atom. The molecule has 1 aliphatic rings. The minimum Gasteiger partial charge on any atom is -0.496 e. The van der Waals surface area contributed by atoms with Crippen LogP contribution in [0.1, 0.15) is 11.3 Å². The predicted molar refractivity (Wildman–Crippen MR) is 92.6 cm³/mol. The molecule has 1 aliphatic heterocycles. The first-order valence-corrected chi connectivity index (χ1v) is 10.1. The van der Waals surface area contributed by atoms with Crippen molar-refractivity contribution in [1.29, 1.82) is 0 Å². The van der Waals surface area contributed by atoms with Gasteiger partial charge in [0.1, 0.15) is 10.8 Å². The summed E-state index contributed by atoms with van der Waals surface area (Å²) in [6, 6.07) is 7.93. The summed E-state index contributed by atoms with van der Waals surface area (Å²) in [6.45, 7) is 0.715. The lowest BCUT2D eigenvalue weighted by Crippen LogP contribution is -2.31. The summed E-state index contributed by atoms with van der Waals surface area (Å²) in [6.07, 6.45) is 2.59. The van der Waals surface area contributed by atoms with E-state index in [2.05, 4.69) is 9.88 Å². The smallest absolute Gasteiger partial charge is 0.151 e. The Hall–Kier alpha value is -1.44. The second-order valence-corrected chi connectivity index (χ2v) is 9.15. The van der Waals surface area contributed by atoms with Gasteiger partial charge >= 0.3 is 0 Å². The number of hydrogen-bond donors (Lipinski definition) is 0. The van der Waals surface area contributed by atoms with Crippen LogP contribution in [0.4, 0.5) is 0 Å². The third-order valence-electron chi connectivity index (χ3n) is 4.13. The SMILES string of the molecule is COc1ccccc1-c1ncc(CN(C)C2CCS(=O)(=O)C2)s1. The van der Waals surface area contributed by atoms with Gasteiger partial charge in [0.25, 0.3) is 0 Å². The van der Waals surface area contributed by atoms with Gasteiger partial charge in [0.05, 0.1) is 24.2 Å². The predicted octanol–water partition coefficient (Wildman–Crippen LogP) is 2.44. The minimum absolute atomic E-state index is 0.108. The van der Waals surface area contributed by atoms with Crippen LogP contribution < -0.4 is 4.74 Å². The summed E-state index contributed by atoms with van der Waals surface area (Å²) in [5.74, 6) is 1.38. The van der Waals surface area contributed by atoms with E-state index in [0.717, 1.165) is 27.6 Å². The van der Waals surface area contributed by atoms with Crippen molar-refractivity contribution in [2.75, 3.05) is 25.7 Å². The van der Waals surface area contributed by atoms with Crippen molar-refractivity contribution in [1.82, 2.24) is 9.88 Å². The Morgan fingerprint density at radius 1 is 1.39 bits per heavy atom. The first kappa shape index (κ1) is 16.4. The Balaban J connectivity index is 1.72. The van der Waals surface area contributed by atoms with Crippen LogP contribution in [0.3, 0.4) is 0 Å². The maximum atomic E-state index is 11.6. The molecule has 0 spiro atoms. The van der Waals surface area contributed by atoms with Crippen LogP contribution >= 0.6 is 11.3 Å². The number of nitrogens with zero attached hydrogens (tertiary/aromatic N) is 2. The maximum Gasteiger partial charge on any atom is 0.151 e. The average molecular weight is 352 g/mol. The van der Waals surface area contributed by atoms with Crippen LogP contribution in [0.5, 0.6) is 5.75 Å². The van der Waals surface area contributed by atoms with Gasteiger partial charge in [-0.1, -0.05) is 12.1 Å². The van der Waals surface area contributed by atoms with E-state index in [1.807, 2.05) is 37.5 Å². The van der Waals surface area contributed by atoms with Crippen LogP contribution in [0.25, 0.3) is 10.6 Å². The van der Waals surface area contributed by atoms with E-state index < -0.39 is 9.84 Å². The Kier molecular flexibility index (Phi) is 4.70. The second-order valence-electron chi connectivity index (χ2n) is 5.80. The summed E-state index contributed by atoms with van der Waals surface area (Å²) >= 11 is 1.62. The van der Waals surface area contributed by atoms with E-state index in [0.29, 0.717) is 12.3 Å². The zero-order valence-electron chi connectivity index (χ0n) is 13.2. The van der Waals surface area contributed by atoms with Gasteiger partial charge < -0.3 is 4.74 Å². The molecule has 1 unspecified atom stereocenters. The third-order valence-corrected chi connectivity index (χ3v) is 6.89. The number of thiazole rings is 1. The fraction of sp³-hybridized carbons (Fsp3) is 0.438. The summed E-state index contributed by atoms with van der Waals surface area (Å²) in [5.41, 5.74) is 0.984. The number of rotatable bonds is 5. The summed E-state index contributed by atoms with van der Waals surface area (Å²) in [7, 11) is 0.785. The van der Waals surface area contributed by atoms with Gasteiger partial charge in [-0.3, -0.25) is 4.90 Å². The zero-order valence-corrected chi connectivity index (χ0v) is 14.9. The van der Waals surface area contributed by atoms with Gasteiger partial charge in [-0.05, 0) is 25.6 Å². The number of sulfone groups is 1. The molecule has 7 heteroatoms. The number of benzene rings is 1. The Bertz CT molecular complexity index is 786. The molecule has 1 fully saturated rings. The molecule has 0 saturated carbocycles. The molecule has 5 nitrogen and oxygen atoms in total. The van der Waals surface area contributed by atoms with E-state index in [1.165, 1.54) is 0 Å². The molecule has 0 aliphatic carbocycles. The van der Waals surface area contributed by atoms with Gasteiger partial charge in [0.15, 0.2) is 9.84 Å². The van der Waals surface area contributed by atoms with E-state index in [4.69, 9.17) is 4.74 Å². The molecule has 23 heavy (non-hydrogen) atoms. The molecular formula is C16H20N2O3S2. The van der Waals surface area contributed by atoms with Gasteiger partial charge in [-0.15, -0.1) is 11.3 Å². The lowest BCUT2D eigenvalue weighted by molar-refractivity contribution is 0.256. The van der Waals surface area contributed by atoms with Crippen molar-refractivity contribution >= 4 is 21.2 Å². The number of ether oxygens (including phenoxy) is 1. The number of para-hydroxylation sites is 1. The first-order valence-electron chi connectivity index (χ1n) is 7.47. The Labute approximate surface area is 140 Å². The van der Waals surface area contributed by atoms with Gasteiger partial charge in [0.2, 0.25) is 0 Å². The van der Waals surface area contributed by atoms with E-state index in [1.54, 1.807) is 18.4 Å². The first-order chi connectivity index (χ1) is 11.0. The monoisotopic (exact) mass is 352 g/mol. The average Bonchev–Trinajstić information content (AvgIpc) is 3.13. The lowest BCUT2D eigenvalue weighted by Gasteiger charge is -2.21. The molecule has 1 saturated heterocycles. The molecule has 1 aromatic carbocycles. The van der Waals surface area contributed by atoms with E-state index in [9.17, 15) is 8.42 Å². The molecule has 1 aromatic heterocycles. The molecule has 0 amide bonds. The maximum absolute atomic E-state index is 11.6. The highest BCUT2D eigenvalue weighted by Crippen LogP contribution is 2.33. The molecule has 2 aromatic rings. The summed E-state index contributed by atoms with van der Waals surface area (Å²) < 4.78 is 28.6. The van der Waals surface area contributed by atoms with Crippen molar-refractivity contribution in [3.63, 3.8) is 0 Å². The van der Waals surface area contributed by atoms with Gasteiger partial charge in [-0.2, -0.15) is 0 Å². The fourth-order valence-corrected chi connectivity index (χ4v) is 5.64. The van der Waals surface area contributed by atoms with Crippen molar-refractivity contribution in [3.05, 3.63) is 35.3 Å². The largest absolute Gasteiger partial charge is 0.496 e. The number of methoxy groups -OCH3 is 1. The topological polar surface area (TPSA) is 59.5 Å². The normalized spacial score (nSPS) is 20.0. The van der Waals surface area contributed by atoms with Crippen LogP contribution in [0.2, 0.25) is 0 Å². The van der Waals surface area contributed by atoms with Gasteiger partial charge in [-0.25, -0.2) is 13.4 Å². The van der Waals surface area contributed by atoms with E-state index in [-0.39, 0.29) is 11.8 Å². The quantitative estimate of drug-likeness (QED) is 0.827. The Morgan fingerprint density at radius 3 is 2.87 bits per heavy atom. The highest BCUT2D eigenvalue weighted by molar-refractivity contribution is 7.91. The number of aromatic nitrogens is 1. The second kappa shape index (κ2) is 6.59. The van der Waals surface area contributed by atoms with Crippen molar-refractivity contribution in [2.24, 2.45) is 0 Å². The molecule has 3 rings (SSSR count). The van der Waals surface area contributed by atoms with Crippen LogP contribution in [0.15, 0.2) is 30.5 Å². The van der Waals surface area contributed by atoms with Crippen molar-refractivity contribution < 1.29 is 13.2 Å². The van der Waals surface area contributed by atoms with Crippen LogP contribution in [-0.2, 0) is 16.4 Å². The molecular weight excluding hydrogens is 332 g/mol. The molecule has 1 atom stereocenters. The molecule has 0 radical (unpaired) electrons. The third kappa shape index (κ3) is 3.73. The molecule has 0 bridgehead atoms. The van der Waals surface area contributed by atoms with Crippen LogP contribution in [0, 0.1) is 0 Å². The standard InChI is InChI=1S/C16H20N2O3S2/c1-18(12-7-8-23(19,20)11-12)10-13-9-17-16(22-13)14-5-3-4-6-15(14)21-2/h3-6,9,12H,7-8,10-11H2,1-2H3. The van der Waals surface area contributed by atoms with Crippen molar-refractivity contribution in [2.45, 2.75) is 19.0 Å². The molecule has 2 heterocycles. The fourth-order valence-electron chi connectivity index (χ4n) is 2.82. The van der Waals surface area contributed by atoms with E-state index >= 15 is 0 Å². The highest BCUT2D eigenvalue weighted by Gasteiger charge is 2.30. The summed E-state index contributed by atoms with van der Waals surface area (Å²) in [5, 5.41) is 0.921. The zero-order chi connectivity index (χ0) is 16.4. The van der Waals surface area contributed by atoms with Gasteiger partial charge in [0, 0.05) is 23.7 Å². The number of hydrogen-bond acceptors (Lipinski definition) is 6. The molecule has 124 valence electrons. The summed E-state index contributed by atoms with van der Waals surface area (Å²) in [4.78, 5) is 7.73. The molecule has 0 N–H and O–H groups in total. The minimum atomic E-state index is -2.85. The highest BCUT2D eigenvalue weighted by atomic mass is 32.2. The van der Waals surface area contributed by atoms with Crippen LogP contribution in [-0.4, -0.2) is 50.0 Å².